The number of benzene rings is 1. The Kier molecular flexibility index (Phi) is 6.00. The third kappa shape index (κ3) is 4.37. The van der Waals surface area contributed by atoms with Crippen LogP contribution < -0.4 is 25.6 Å². The standard InChI is InChI=1S/C16H23N5O3/c1-17-14(22)9-19-16(18-2)20-11-7-15(23)21(10-11)12-5-4-6-13(8-12)24-3/h4-6,8,11H,7,9-10H2,1-3H3,(H,17,22)(H2,18,19,20). The normalized spacial score (nSPS) is 17.6. The van der Waals surface area contributed by atoms with Crippen LogP contribution in [0.3, 0.4) is 0 Å². The van der Waals surface area contributed by atoms with Crippen LogP contribution in [0.1, 0.15) is 6.42 Å². The van der Waals surface area contributed by atoms with Gasteiger partial charge in [-0.3, -0.25) is 14.6 Å². The number of nitrogens with one attached hydrogen (secondary N) is 3. The fourth-order valence-corrected chi connectivity index (χ4v) is 2.47. The summed E-state index contributed by atoms with van der Waals surface area (Å²) in [5, 5.41) is 8.61. The van der Waals surface area contributed by atoms with Crippen LogP contribution in [0.4, 0.5) is 5.69 Å². The first-order valence-electron chi connectivity index (χ1n) is 7.69. The van der Waals surface area contributed by atoms with Gasteiger partial charge < -0.3 is 25.6 Å². The average molecular weight is 333 g/mol. The molecule has 8 heteroatoms. The number of aliphatic imine (C=N–C) groups is 1. The molecule has 1 aromatic carbocycles. The summed E-state index contributed by atoms with van der Waals surface area (Å²) in [6.45, 7) is 0.642. The van der Waals surface area contributed by atoms with Gasteiger partial charge in [0.1, 0.15) is 5.75 Å². The molecule has 1 fully saturated rings. The van der Waals surface area contributed by atoms with E-state index in [4.69, 9.17) is 4.74 Å². The minimum Gasteiger partial charge on any atom is -0.497 e. The minimum atomic E-state index is -0.140. The lowest BCUT2D eigenvalue weighted by molar-refractivity contribution is -0.119. The predicted octanol–water partition coefficient (Wildman–Crippen LogP) is -0.288. The van der Waals surface area contributed by atoms with Gasteiger partial charge in [0.2, 0.25) is 11.8 Å². The van der Waals surface area contributed by atoms with E-state index in [-0.39, 0.29) is 24.4 Å². The summed E-state index contributed by atoms with van der Waals surface area (Å²) in [5.41, 5.74) is 0.803. The maximum absolute atomic E-state index is 12.3. The maximum Gasteiger partial charge on any atom is 0.239 e. The maximum atomic E-state index is 12.3. The Morgan fingerprint density at radius 1 is 1.46 bits per heavy atom. The van der Waals surface area contributed by atoms with Crippen molar-refractivity contribution in [2.75, 3.05) is 39.2 Å². The molecule has 0 bridgehead atoms. The Balaban J connectivity index is 1.97. The van der Waals surface area contributed by atoms with Crippen LogP contribution in [-0.4, -0.2) is 58.1 Å². The third-order valence-electron chi connectivity index (χ3n) is 3.75. The Morgan fingerprint density at radius 2 is 2.25 bits per heavy atom. The molecule has 2 amide bonds. The summed E-state index contributed by atoms with van der Waals surface area (Å²) in [7, 11) is 4.79. The van der Waals surface area contributed by atoms with Crippen molar-refractivity contribution in [1.29, 1.82) is 0 Å². The van der Waals surface area contributed by atoms with E-state index in [0.717, 1.165) is 5.69 Å². The molecule has 0 aromatic heterocycles. The Hall–Kier alpha value is -2.77. The second-order valence-corrected chi connectivity index (χ2v) is 5.35. The summed E-state index contributed by atoms with van der Waals surface area (Å²) in [6, 6.07) is 7.32. The molecule has 2 rings (SSSR count). The van der Waals surface area contributed by atoms with E-state index in [0.29, 0.717) is 24.7 Å². The summed E-state index contributed by atoms with van der Waals surface area (Å²) in [4.78, 5) is 29.4. The number of methoxy groups -OCH3 is 1. The molecule has 1 unspecified atom stereocenters. The number of rotatable bonds is 5. The van der Waals surface area contributed by atoms with Gasteiger partial charge in [0.05, 0.1) is 19.7 Å². The van der Waals surface area contributed by atoms with E-state index < -0.39 is 0 Å². The summed E-state index contributed by atoms with van der Waals surface area (Å²) in [6.07, 6.45) is 0.359. The number of likely N-dealkylation sites (N-methyl/N-ethyl adjacent to an activating group) is 1. The van der Waals surface area contributed by atoms with Crippen molar-refractivity contribution in [1.82, 2.24) is 16.0 Å². The van der Waals surface area contributed by atoms with E-state index >= 15 is 0 Å². The second-order valence-electron chi connectivity index (χ2n) is 5.35. The summed E-state index contributed by atoms with van der Waals surface area (Å²) in [5.74, 6) is 1.09. The lowest BCUT2D eigenvalue weighted by Crippen LogP contribution is -2.47. The highest BCUT2D eigenvalue weighted by molar-refractivity contribution is 5.97. The largest absolute Gasteiger partial charge is 0.497 e. The smallest absolute Gasteiger partial charge is 0.239 e. The molecule has 130 valence electrons. The molecule has 8 nitrogen and oxygen atoms in total. The number of amides is 2. The Labute approximate surface area is 141 Å². The number of carbonyl (C=O) groups excluding carboxylic acids is 2. The SMILES string of the molecule is CN=C(NCC(=O)NC)NC1CC(=O)N(c2cccc(OC)c2)C1. The molecule has 0 spiro atoms. The van der Waals surface area contributed by atoms with Crippen LogP contribution in [0.25, 0.3) is 0 Å². The molecular weight excluding hydrogens is 310 g/mol. The van der Waals surface area contributed by atoms with Gasteiger partial charge in [-0.2, -0.15) is 0 Å². The number of anilines is 1. The highest BCUT2D eigenvalue weighted by Gasteiger charge is 2.31. The molecule has 1 aromatic rings. The van der Waals surface area contributed by atoms with Gasteiger partial charge in [-0.05, 0) is 12.1 Å². The van der Waals surface area contributed by atoms with Gasteiger partial charge in [-0.25, -0.2) is 0 Å². The molecule has 24 heavy (non-hydrogen) atoms. The van der Waals surface area contributed by atoms with Crippen molar-refractivity contribution >= 4 is 23.5 Å². The van der Waals surface area contributed by atoms with Crippen LogP contribution >= 0.6 is 0 Å². The third-order valence-corrected chi connectivity index (χ3v) is 3.75. The van der Waals surface area contributed by atoms with Crippen molar-refractivity contribution < 1.29 is 14.3 Å². The molecule has 0 radical (unpaired) electrons. The average Bonchev–Trinajstić information content (AvgIpc) is 2.98. The van der Waals surface area contributed by atoms with Gasteiger partial charge in [0.25, 0.3) is 0 Å². The predicted molar refractivity (Wildman–Crippen MR) is 92.3 cm³/mol. The molecule has 3 N–H and O–H groups in total. The zero-order valence-electron chi connectivity index (χ0n) is 14.1. The molecule has 1 aliphatic heterocycles. The Morgan fingerprint density at radius 3 is 2.92 bits per heavy atom. The molecule has 1 aliphatic rings. The summed E-state index contributed by atoms with van der Waals surface area (Å²) < 4.78 is 5.20. The lowest BCUT2D eigenvalue weighted by atomic mass is 10.2. The van der Waals surface area contributed by atoms with E-state index in [2.05, 4.69) is 20.9 Å². The van der Waals surface area contributed by atoms with Gasteiger partial charge in [-0.1, -0.05) is 6.07 Å². The summed E-state index contributed by atoms with van der Waals surface area (Å²) >= 11 is 0. The number of ether oxygens (including phenoxy) is 1. The minimum absolute atomic E-state index is 0.0301. The van der Waals surface area contributed by atoms with Crippen molar-refractivity contribution in [3.8, 4) is 5.75 Å². The van der Waals surface area contributed by atoms with Crippen molar-refractivity contribution in [2.24, 2.45) is 4.99 Å². The van der Waals surface area contributed by atoms with Gasteiger partial charge in [-0.15, -0.1) is 0 Å². The van der Waals surface area contributed by atoms with E-state index in [9.17, 15) is 9.59 Å². The van der Waals surface area contributed by atoms with Crippen molar-refractivity contribution in [2.45, 2.75) is 12.5 Å². The van der Waals surface area contributed by atoms with Crippen LogP contribution in [0.2, 0.25) is 0 Å². The molecular formula is C16H23N5O3. The quantitative estimate of drug-likeness (QED) is 0.508. The zero-order valence-corrected chi connectivity index (χ0v) is 14.1. The molecule has 1 saturated heterocycles. The fraction of sp³-hybridized carbons (Fsp3) is 0.438. The van der Waals surface area contributed by atoms with Gasteiger partial charge >= 0.3 is 0 Å². The van der Waals surface area contributed by atoms with Crippen LogP contribution in [0.15, 0.2) is 29.3 Å². The number of carbonyl (C=O) groups is 2. The molecule has 0 saturated carbocycles. The van der Waals surface area contributed by atoms with Crippen LogP contribution in [0.5, 0.6) is 5.75 Å². The fourth-order valence-electron chi connectivity index (χ4n) is 2.47. The molecule has 1 heterocycles. The number of guanidine groups is 1. The first-order valence-corrected chi connectivity index (χ1v) is 7.69. The monoisotopic (exact) mass is 333 g/mol. The van der Waals surface area contributed by atoms with Crippen LogP contribution in [0, 0.1) is 0 Å². The van der Waals surface area contributed by atoms with Gasteiger partial charge in [0, 0.05) is 38.8 Å². The van der Waals surface area contributed by atoms with Crippen LogP contribution in [-0.2, 0) is 9.59 Å². The second kappa shape index (κ2) is 8.19. The zero-order chi connectivity index (χ0) is 17.5. The first kappa shape index (κ1) is 17.6. The topological polar surface area (TPSA) is 95.1 Å². The van der Waals surface area contributed by atoms with E-state index in [1.807, 2.05) is 24.3 Å². The van der Waals surface area contributed by atoms with Crippen molar-refractivity contribution in [3.05, 3.63) is 24.3 Å². The van der Waals surface area contributed by atoms with E-state index in [1.54, 1.807) is 26.1 Å². The first-order chi connectivity index (χ1) is 11.6. The van der Waals surface area contributed by atoms with Crippen molar-refractivity contribution in [3.63, 3.8) is 0 Å². The van der Waals surface area contributed by atoms with E-state index in [1.165, 1.54) is 0 Å². The Bertz CT molecular complexity index is 632. The highest BCUT2D eigenvalue weighted by atomic mass is 16.5. The highest BCUT2D eigenvalue weighted by Crippen LogP contribution is 2.25. The lowest BCUT2D eigenvalue weighted by Gasteiger charge is -2.19. The molecule has 1 atom stereocenters. The number of hydrogen-bond donors (Lipinski definition) is 3. The number of hydrogen-bond acceptors (Lipinski definition) is 4. The number of nitrogens with zero attached hydrogens (tertiary/aromatic N) is 2. The van der Waals surface area contributed by atoms with Gasteiger partial charge in [0.15, 0.2) is 5.96 Å². The molecule has 0 aliphatic carbocycles.